The van der Waals surface area contributed by atoms with Crippen LogP contribution in [0.3, 0.4) is 0 Å². The van der Waals surface area contributed by atoms with Crippen LogP contribution in [0.1, 0.15) is 6.92 Å². The van der Waals surface area contributed by atoms with Crippen LogP contribution in [0.4, 0.5) is 11.4 Å². The van der Waals surface area contributed by atoms with E-state index in [0.717, 1.165) is 10.9 Å². The van der Waals surface area contributed by atoms with Gasteiger partial charge >= 0.3 is 0 Å². The fraction of sp³-hybridized carbons (Fsp3) is 0.222. The van der Waals surface area contributed by atoms with Gasteiger partial charge < -0.3 is 16.3 Å². The summed E-state index contributed by atoms with van der Waals surface area (Å²) in [5.74, 6) is 0. The molecular weight excluding hydrogens is 180 g/mol. The summed E-state index contributed by atoms with van der Waals surface area (Å²) < 4.78 is 0. The van der Waals surface area contributed by atoms with Gasteiger partial charge in [0.2, 0.25) is 0 Å². The molecule has 2 rings (SSSR count). The van der Waals surface area contributed by atoms with Crippen LogP contribution in [0.25, 0.3) is 10.9 Å². The molecule has 5 nitrogen and oxygen atoms in total. The van der Waals surface area contributed by atoms with E-state index in [0.29, 0.717) is 18.0 Å². The number of nitrogens with zero attached hydrogens (tertiary/aromatic N) is 2. The van der Waals surface area contributed by atoms with Gasteiger partial charge in [-0.1, -0.05) is 4.85 Å². The molecule has 74 valence electrons. The smallest absolute Gasteiger partial charge is 0.135 e. The molecule has 4 N–H and O–H groups in total. The maximum absolute atomic E-state index is 5.80. The van der Waals surface area contributed by atoms with E-state index in [1.807, 2.05) is 6.92 Å². The van der Waals surface area contributed by atoms with Crippen molar-refractivity contribution in [2.75, 3.05) is 18.1 Å². The normalized spacial score (nSPS) is 10.6. The van der Waals surface area contributed by atoms with E-state index < -0.39 is 0 Å². The fourth-order valence-corrected chi connectivity index (χ4v) is 1.38. The van der Waals surface area contributed by atoms with Crippen molar-refractivity contribution in [3.8, 4) is 0 Å². The fourth-order valence-electron chi connectivity index (χ4n) is 1.38. The molecule has 0 bridgehead atoms. The first-order valence-electron chi connectivity index (χ1n) is 4.39. The average Bonchev–Trinajstić information content (AvgIpc) is 2.58. The van der Waals surface area contributed by atoms with Crippen LogP contribution < -0.4 is 16.3 Å². The lowest BCUT2D eigenvalue weighted by Gasteiger charge is -2.05. The summed E-state index contributed by atoms with van der Waals surface area (Å²) in [5.41, 5.74) is 13.6. The van der Waals surface area contributed by atoms with Crippen molar-refractivity contribution < 1.29 is 4.84 Å². The number of fused-ring (bicyclic) bond motifs is 1. The van der Waals surface area contributed by atoms with Crippen molar-refractivity contribution in [2.45, 2.75) is 6.92 Å². The summed E-state index contributed by atoms with van der Waals surface area (Å²) in [6.45, 7) is 2.42. The van der Waals surface area contributed by atoms with Gasteiger partial charge in [0.15, 0.2) is 0 Å². The Balaban J connectivity index is 2.70. The average molecular weight is 192 g/mol. The third-order valence-corrected chi connectivity index (χ3v) is 2.02. The Morgan fingerprint density at radius 2 is 2.07 bits per heavy atom. The van der Waals surface area contributed by atoms with E-state index in [2.05, 4.69) is 5.10 Å². The highest BCUT2D eigenvalue weighted by atomic mass is 16.7. The number of rotatable bonds is 2. The molecule has 0 unspecified atom stereocenters. The summed E-state index contributed by atoms with van der Waals surface area (Å²) in [5, 5.41) is 4.86. The summed E-state index contributed by atoms with van der Waals surface area (Å²) in [4.78, 5) is 6.67. The summed E-state index contributed by atoms with van der Waals surface area (Å²) in [6, 6.07) is 3.50. The topological polar surface area (TPSA) is 79.1 Å². The van der Waals surface area contributed by atoms with Crippen molar-refractivity contribution in [2.24, 2.45) is 0 Å². The molecule has 0 saturated heterocycles. The number of hydrogen-bond acceptors (Lipinski definition) is 4. The second-order valence-corrected chi connectivity index (χ2v) is 2.94. The molecule has 0 saturated carbocycles. The lowest BCUT2D eigenvalue weighted by Crippen LogP contribution is -2.12. The summed E-state index contributed by atoms with van der Waals surface area (Å²) in [7, 11) is 0. The minimum atomic E-state index is 0.533. The van der Waals surface area contributed by atoms with Gasteiger partial charge in [-0.2, -0.15) is 0 Å². The Morgan fingerprint density at radius 3 is 2.79 bits per heavy atom. The third-order valence-electron chi connectivity index (χ3n) is 2.02. The van der Waals surface area contributed by atoms with E-state index in [1.54, 1.807) is 18.3 Å². The van der Waals surface area contributed by atoms with Crippen LogP contribution >= 0.6 is 0 Å². The van der Waals surface area contributed by atoms with Gasteiger partial charge in [0.05, 0.1) is 11.9 Å². The van der Waals surface area contributed by atoms with Crippen molar-refractivity contribution in [3.05, 3.63) is 18.3 Å². The first kappa shape index (κ1) is 8.68. The molecule has 14 heavy (non-hydrogen) atoms. The Morgan fingerprint density at radius 1 is 1.36 bits per heavy atom. The van der Waals surface area contributed by atoms with Crippen LogP contribution in [0.15, 0.2) is 18.3 Å². The number of benzene rings is 1. The minimum absolute atomic E-state index is 0.533. The molecule has 0 spiro atoms. The van der Waals surface area contributed by atoms with Crippen molar-refractivity contribution in [1.29, 1.82) is 0 Å². The van der Waals surface area contributed by atoms with E-state index in [4.69, 9.17) is 16.3 Å². The van der Waals surface area contributed by atoms with E-state index in [-0.39, 0.29) is 0 Å². The van der Waals surface area contributed by atoms with Gasteiger partial charge in [-0.05, 0) is 19.1 Å². The van der Waals surface area contributed by atoms with Gasteiger partial charge in [-0.3, -0.25) is 0 Å². The zero-order chi connectivity index (χ0) is 10.1. The third kappa shape index (κ3) is 1.14. The molecule has 1 aromatic carbocycles. The first-order chi connectivity index (χ1) is 6.74. The summed E-state index contributed by atoms with van der Waals surface area (Å²) >= 11 is 0. The molecule has 2 aromatic rings. The molecule has 1 heterocycles. The second-order valence-electron chi connectivity index (χ2n) is 2.94. The number of nitrogens with two attached hydrogens (primary N) is 2. The molecule has 0 aliphatic heterocycles. The highest BCUT2D eigenvalue weighted by molar-refractivity contribution is 5.97. The Hall–Kier alpha value is -1.91. The Labute approximate surface area is 81.2 Å². The van der Waals surface area contributed by atoms with Gasteiger partial charge in [0.25, 0.3) is 0 Å². The van der Waals surface area contributed by atoms with E-state index >= 15 is 0 Å². The molecule has 0 amide bonds. The standard InChI is InChI=1S/C9H12N4O/c1-2-14-13-9-6(5-12-13)7(10)3-4-8(9)11/h3-5H,2,10-11H2,1H3. The monoisotopic (exact) mass is 192 g/mol. The number of aromatic nitrogens is 2. The number of nitrogen functional groups attached to an aromatic ring is 2. The van der Waals surface area contributed by atoms with Crippen LogP contribution in [0.5, 0.6) is 0 Å². The zero-order valence-corrected chi connectivity index (χ0v) is 7.90. The highest BCUT2D eigenvalue weighted by Gasteiger charge is 2.08. The number of anilines is 2. The molecule has 0 fully saturated rings. The van der Waals surface area contributed by atoms with E-state index in [9.17, 15) is 0 Å². The molecule has 0 atom stereocenters. The van der Waals surface area contributed by atoms with Crippen molar-refractivity contribution in [1.82, 2.24) is 9.94 Å². The minimum Gasteiger partial charge on any atom is -0.398 e. The van der Waals surface area contributed by atoms with Crippen molar-refractivity contribution in [3.63, 3.8) is 0 Å². The Bertz CT molecular complexity index is 463. The van der Waals surface area contributed by atoms with Gasteiger partial charge in [0.1, 0.15) is 12.1 Å². The maximum atomic E-state index is 5.80. The van der Waals surface area contributed by atoms with Crippen LogP contribution in [-0.4, -0.2) is 16.6 Å². The maximum Gasteiger partial charge on any atom is 0.135 e. The first-order valence-corrected chi connectivity index (χ1v) is 4.39. The molecule has 1 aromatic heterocycles. The molecule has 0 aliphatic carbocycles. The van der Waals surface area contributed by atoms with Crippen LogP contribution in [0.2, 0.25) is 0 Å². The van der Waals surface area contributed by atoms with Crippen molar-refractivity contribution >= 4 is 22.3 Å². The van der Waals surface area contributed by atoms with Gasteiger partial charge in [-0.15, -0.1) is 5.10 Å². The highest BCUT2D eigenvalue weighted by Crippen LogP contribution is 2.25. The molecule has 0 radical (unpaired) electrons. The van der Waals surface area contributed by atoms with Gasteiger partial charge in [-0.25, -0.2) is 0 Å². The second kappa shape index (κ2) is 3.10. The zero-order valence-electron chi connectivity index (χ0n) is 7.90. The lowest BCUT2D eigenvalue weighted by atomic mass is 10.2. The largest absolute Gasteiger partial charge is 0.398 e. The Kier molecular flexibility index (Phi) is 1.92. The van der Waals surface area contributed by atoms with Crippen LogP contribution in [0, 0.1) is 0 Å². The van der Waals surface area contributed by atoms with Crippen LogP contribution in [-0.2, 0) is 0 Å². The molecule has 5 heteroatoms. The lowest BCUT2D eigenvalue weighted by molar-refractivity contribution is 0.103. The SMILES string of the molecule is CCOn1ncc2c(N)ccc(N)c21. The van der Waals surface area contributed by atoms with Gasteiger partial charge in [0, 0.05) is 11.1 Å². The predicted octanol–water partition coefficient (Wildman–Crippen LogP) is 0.649. The number of hydrogen-bond donors (Lipinski definition) is 2. The van der Waals surface area contributed by atoms with E-state index in [1.165, 1.54) is 4.85 Å². The summed E-state index contributed by atoms with van der Waals surface area (Å²) in [6.07, 6.45) is 1.65. The quantitative estimate of drug-likeness (QED) is 0.685. The molecule has 0 aliphatic rings. The predicted molar refractivity (Wildman–Crippen MR) is 55.7 cm³/mol. The molecular formula is C9H12N4O.